The first-order chi connectivity index (χ1) is 15.6. The molecule has 0 radical (unpaired) electrons. The Hall–Kier alpha value is -4.02. The van der Waals surface area contributed by atoms with Crippen molar-refractivity contribution in [3.05, 3.63) is 113 Å². The van der Waals surface area contributed by atoms with Gasteiger partial charge in [0.05, 0.1) is 28.9 Å². The normalized spacial score (nSPS) is 11.2. The molecule has 0 bridgehead atoms. The molecule has 5 aromatic rings. The standard InChI is InChI=1S/C28H21NO3/c1-18-11-13-19(14-12-18)25-24(17-31)29-23-10-6-5-9-21(23)15-22(16-30)27(29)26(25)28(32)20-7-3-2-4-8-20/h2-16,31H,17H2,1H3. The second-order valence-electron chi connectivity index (χ2n) is 7.88. The molecule has 0 saturated carbocycles. The zero-order chi connectivity index (χ0) is 22.2. The van der Waals surface area contributed by atoms with E-state index in [0.717, 1.165) is 28.3 Å². The number of hydrogen-bond acceptors (Lipinski definition) is 3. The van der Waals surface area contributed by atoms with Crippen molar-refractivity contribution in [3.8, 4) is 11.1 Å². The number of para-hydroxylation sites is 1. The van der Waals surface area contributed by atoms with Crippen LogP contribution in [-0.4, -0.2) is 21.6 Å². The van der Waals surface area contributed by atoms with Gasteiger partial charge in [-0.2, -0.15) is 0 Å². The molecule has 0 atom stereocenters. The van der Waals surface area contributed by atoms with Gasteiger partial charge in [-0.25, -0.2) is 0 Å². The van der Waals surface area contributed by atoms with Crippen molar-refractivity contribution in [1.29, 1.82) is 0 Å². The summed E-state index contributed by atoms with van der Waals surface area (Å²) in [6, 6.07) is 26.4. The molecule has 0 aliphatic carbocycles. The van der Waals surface area contributed by atoms with E-state index in [-0.39, 0.29) is 12.4 Å². The van der Waals surface area contributed by atoms with Crippen molar-refractivity contribution in [3.63, 3.8) is 0 Å². The summed E-state index contributed by atoms with van der Waals surface area (Å²) < 4.78 is 1.87. The van der Waals surface area contributed by atoms with Crippen molar-refractivity contribution >= 4 is 28.5 Å². The topological polar surface area (TPSA) is 58.8 Å². The number of aromatic nitrogens is 1. The second-order valence-corrected chi connectivity index (χ2v) is 7.88. The van der Waals surface area contributed by atoms with Crippen LogP contribution in [0.2, 0.25) is 0 Å². The van der Waals surface area contributed by atoms with Crippen LogP contribution in [0.5, 0.6) is 0 Å². The fourth-order valence-corrected chi connectivity index (χ4v) is 4.44. The maximum absolute atomic E-state index is 13.8. The third-order valence-corrected chi connectivity index (χ3v) is 5.91. The SMILES string of the molecule is Cc1ccc(-c2c(C(=O)c3ccccc3)c3c(C=O)cc4ccccc4n3c2CO)cc1. The average molecular weight is 419 g/mol. The summed E-state index contributed by atoms with van der Waals surface area (Å²) in [5.41, 5.74) is 5.88. The van der Waals surface area contributed by atoms with Gasteiger partial charge < -0.3 is 9.51 Å². The molecule has 5 rings (SSSR count). The van der Waals surface area contributed by atoms with Crippen molar-refractivity contribution in [1.82, 2.24) is 4.40 Å². The number of aryl methyl sites for hydroxylation is 1. The molecule has 2 heterocycles. The highest BCUT2D eigenvalue weighted by Crippen LogP contribution is 2.38. The van der Waals surface area contributed by atoms with E-state index in [1.54, 1.807) is 18.2 Å². The Morgan fingerprint density at radius 2 is 1.62 bits per heavy atom. The lowest BCUT2D eigenvalue weighted by atomic mass is 9.93. The molecule has 0 fully saturated rings. The Balaban J connectivity index is 2.00. The van der Waals surface area contributed by atoms with Crippen LogP contribution in [0.25, 0.3) is 27.5 Å². The number of hydrogen-bond donors (Lipinski definition) is 1. The molecule has 2 aromatic heterocycles. The molecule has 0 saturated heterocycles. The molecule has 1 N–H and O–H groups in total. The van der Waals surface area contributed by atoms with Gasteiger partial charge in [-0.15, -0.1) is 0 Å². The molecule has 0 spiro atoms. The van der Waals surface area contributed by atoms with Gasteiger partial charge in [-0.05, 0) is 30.0 Å². The van der Waals surface area contributed by atoms with E-state index >= 15 is 0 Å². The van der Waals surface area contributed by atoms with E-state index in [1.165, 1.54) is 0 Å². The number of rotatable bonds is 5. The number of carbonyl (C=O) groups excluding carboxylic acids is 2. The van der Waals surface area contributed by atoms with E-state index < -0.39 is 0 Å². The van der Waals surface area contributed by atoms with Crippen molar-refractivity contribution in [2.75, 3.05) is 0 Å². The Kier molecular flexibility index (Phi) is 4.92. The highest BCUT2D eigenvalue weighted by molar-refractivity contribution is 6.20. The minimum atomic E-state index is -0.279. The summed E-state index contributed by atoms with van der Waals surface area (Å²) in [6.45, 7) is 1.72. The lowest BCUT2D eigenvalue weighted by Gasteiger charge is -2.09. The zero-order valence-corrected chi connectivity index (χ0v) is 17.6. The highest BCUT2D eigenvalue weighted by Gasteiger charge is 2.28. The third-order valence-electron chi connectivity index (χ3n) is 5.91. The van der Waals surface area contributed by atoms with Gasteiger partial charge >= 0.3 is 0 Å². The van der Waals surface area contributed by atoms with Gasteiger partial charge in [0, 0.05) is 16.7 Å². The van der Waals surface area contributed by atoms with E-state index in [4.69, 9.17) is 0 Å². The minimum absolute atomic E-state index is 0.184. The molecule has 0 unspecified atom stereocenters. The molecule has 0 aliphatic rings. The maximum atomic E-state index is 13.8. The van der Waals surface area contributed by atoms with Gasteiger partial charge in [-0.3, -0.25) is 9.59 Å². The molecular formula is C28H21NO3. The van der Waals surface area contributed by atoms with Gasteiger partial charge in [0.25, 0.3) is 0 Å². The maximum Gasteiger partial charge on any atom is 0.195 e. The number of fused-ring (bicyclic) bond motifs is 3. The number of pyridine rings is 1. The van der Waals surface area contributed by atoms with Crippen LogP contribution in [0, 0.1) is 6.92 Å². The number of ketones is 1. The number of aliphatic hydroxyl groups excluding tert-OH is 1. The Bertz CT molecular complexity index is 1480. The Labute approximate surface area is 185 Å². The summed E-state index contributed by atoms with van der Waals surface area (Å²) >= 11 is 0. The van der Waals surface area contributed by atoms with Gasteiger partial charge in [0.15, 0.2) is 12.1 Å². The molecule has 156 valence electrons. The summed E-state index contributed by atoms with van der Waals surface area (Å²) in [4.78, 5) is 26.0. The van der Waals surface area contributed by atoms with Crippen LogP contribution in [0.1, 0.15) is 37.5 Å². The van der Waals surface area contributed by atoms with Crippen LogP contribution < -0.4 is 0 Å². The number of aliphatic hydroxyl groups is 1. The van der Waals surface area contributed by atoms with Crippen molar-refractivity contribution in [2.24, 2.45) is 0 Å². The van der Waals surface area contributed by atoms with E-state index in [2.05, 4.69) is 0 Å². The van der Waals surface area contributed by atoms with E-state index in [0.29, 0.717) is 33.5 Å². The molecule has 4 nitrogen and oxygen atoms in total. The van der Waals surface area contributed by atoms with Gasteiger partial charge in [0.2, 0.25) is 0 Å². The fraction of sp³-hybridized carbons (Fsp3) is 0.0714. The van der Waals surface area contributed by atoms with Crippen LogP contribution in [0.15, 0.2) is 84.9 Å². The van der Waals surface area contributed by atoms with Gasteiger partial charge in [-0.1, -0.05) is 78.4 Å². The largest absolute Gasteiger partial charge is 0.390 e. The molecule has 32 heavy (non-hydrogen) atoms. The summed E-state index contributed by atoms with van der Waals surface area (Å²) in [5, 5.41) is 11.4. The zero-order valence-electron chi connectivity index (χ0n) is 17.6. The van der Waals surface area contributed by atoms with Crippen LogP contribution in [0.3, 0.4) is 0 Å². The Morgan fingerprint density at radius 3 is 2.31 bits per heavy atom. The van der Waals surface area contributed by atoms with Gasteiger partial charge in [0.1, 0.15) is 0 Å². The first-order valence-electron chi connectivity index (χ1n) is 10.5. The van der Waals surface area contributed by atoms with Crippen LogP contribution in [-0.2, 0) is 6.61 Å². The second kappa shape index (κ2) is 7.91. The predicted molar refractivity (Wildman–Crippen MR) is 126 cm³/mol. The number of benzene rings is 3. The number of nitrogens with zero attached hydrogens (tertiary/aromatic N) is 1. The molecule has 3 aromatic carbocycles. The van der Waals surface area contributed by atoms with E-state index in [1.807, 2.05) is 78.1 Å². The molecule has 4 heteroatoms. The lowest BCUT2D eigenvalue weighted by molar-refractivity contribution is 0.104. The predicted octanol–water partition coefficient (Wildman–Crippen LogP) is 5.60. The third kappa shape index (κ3) is 3.04. The number of aldehydes is 1. The highest BCUT2D eigenvalue weighted by atomic mass is 16.3. The minimum Gasteiger partial charge on any atom is -0.390 e. The van der Waals surface area contributed by atoms with Crippen LogP contribution in [0.4, 0.5) is 0 Å². The lowest BCUT2D eigenvalue weighted by Crippen LogP contribution is -2.04. The number of carbonyl (C=O) groups is 2. The average Bonchev–Trinajstić information content (AvgIpc) is 3.19. The van der Waals surface area contributed by atoms with Crippen molar-refractivity contribution < 1.29 is 14.7 Å². The summed E-state index contributed by atoms with van der Waals surface area (Å²) in [7, 11) is 0. The summed E-state index contributed by atoms with van der Waals surface area (Å²) in [5.74, 6) is -0.184. The van der Waals surface area contributed by atoms with Crippen LogP contribution >= 0.6 is 0 Å². The molecule has 0 aliphatic heterocycles. The first-order valence-corrected chi connectivity index (χ1v) is 10.5. The summed E-state index contributed by atoms with van der Waals surface area (Å²) in [6.07, 6.45) is 0.781. The quantitative estimate of drug-likeness (QED) is 0.298. The van der Waals surface area contributed by atoms with Crippen molar-refractivity contribution in [2.45, 2.75) is 13.5 Å². The molecule has 0 amide bonds. The monoisotopic (exact) mass is 419 g/mol. The fourth-order valence-electron chi connectivity index (χ4n) is 4.44. The smallest absolute Gasteiger partial charge is 0.195 e. The first kappa shape index (κ1) is 19.9. The molecular weight excluding hydrogens is 398 g/mol. The Morgan fingerprint density at radius 1 is 0.938 bits per heavy atom. The van der Waals surface area contributed by atoms with E-state index in [9.17, 15) is 14.7 Å².